The van der Waals surface area contributed by atoms with Gasteiger partial charge < -0.3 is 10.6 Å². The zero-order valence-corrected chi connectivity index (χ0v) is 16.4. The van der Waals surface area contributed by atoms with Crippen LogP contribution in [0.25, 0.3) is 0 Å². The number of amides is 2. The summed E-state index contributed by atoms with van der Waals surface area (Å²) in [6, 6.07) is 10.8. The van der Waals surface area contributed by atoms with Crippen molar-refractivity contribution in [1.82, 2.24) is 20.4 Å². The summed E-state index contributed by atoms with van der Waals surface area (Å²) in [5.74, 6) is 0. The molecule has 1 spiro atoms. The van der Waals surface area contributed by atoms with Gasteiger partial charge in [0.2, 0.25) is 0 Å². The number of rotatable bonds is 3. The number of benzene rings is 1. The third kappa shape index (κ3) is 3.12. The van der Waals surface area contributed by atoms with Crippen molar-refractivity contribution in [2.24, 2.45) is 4.99 Å². The van der Waals surface area contributed by atoms with Crippen LogP contribution in [0.1, 0.15) is 38.2 Å². The number of nitrogens with one attached hydrogen (secondary N) is 2. The molecule has 1 atom stereocenters. The first-order valence-corrected chi connectivity index (χ1v) is 9.76. The molecule has 2 N–H and O–H groups in total. The van der Waals surface area contributed by atoms with E-state index in [1.54, 1.807) is 6.21 Å². The van der Waals surface area contributed by atoms with Gasteiger partial charge in [-0.2, -0.15) is 0 Å². The van der Waals surface area contributed by atoms with Gasteiger partial charge in [0.1, 0.15) is 6.17 Å². The minimum atomic E-state index is -0.150. The molecule has 1 saturated carbocycles. The van der Waals surface area contributed by atoms with Crippen LogP contribution in [0.15, 0.2) is 47.2 Å². The maximum absolute atomic E-state index is 12.7. The lowest BCUT2D eigenvalue weighted by molar-refractivity contribution is 0.0630. The Morgan fingerprint density at radius 1 is 1.15 bits per heavy atom. The van der Waals surface area contributed by atoms with E-state index >= 15 is 0 Å². The van der Waals surface area contributed by atoms with Crippen molar-refractivity contribution in [2.75, 3.05) is 20.6 Å². The summed E-state index contributed by atoms with van der Waals surface area (Å²) in [4.78, 5) is 21.2. The molecule has 1 aromatic rings. The fraction of sp³-hybridized carbons (Fsp3) is 0.524. The van der Waals surface area contributed by atoms with Gasteiger partial charge in [0.15, 0.2) is 0 Å². The Kier molecular flexibility index (Phi) is 4.46. The van der Waals surface area contributed by atoms with Gasteiger partial charge in [0, 0.05) is 18.0 Å². The molecule has 27 heavy (non-hydrogen) atoms. The zero-order chi connectivity index (χ0) is 19.1. The number of hydrogen-bond donors (Lipinski definition) is 2. The molecule has 0 aromatic heterocycles. The summed E-state index contributed by atoms with van der Waals surface area (Å²) in [7, 11) is 4.33. The van der Waals surface area contributed by atoms with Crippen molar-refractivity contribution in [2.45, 2.75) is 49.9 Å². The molecule has 0 radical (unpaired) electrons. The molecule has 2 fully saturated rings. The van der Waals surface area contributed by atoms with Gasteiger partial charge in [-0.3, -0.25) is 14.8 Å². The maximum atomic E-state index is 12.7. The van der Waals surface area contributed by atoms with Crippen LogP contribution < -0.4 is 10.6 Å². The minimum absolute atomic E-state index is 0.0129. The van der Waals surface area contributed by atoms with E-state index in [1.807, 2.05) is 18.0 Å². The van der Waals surface area contributed by atoms with Crippen molar-refractivity contribution in [3.05, 3.63) is 47.8 Å². The lowest BCUT2D eigenvalue weighted by Gasteiger charge is -2.48. The lowest BCUT2D eigenvalue weighted by Crippen LogP contribution is -2.54. The molecule has 4 rings (SSSR count). The van der Waals surface area contributed by atoms with Crippen LogP contribution in [0.3, 0.4) is 0 Å². The van der Waals surface area contributed by atoms with Crippen LogP contribution in [0.5, 0.6) is 0 Å². The largest absolute Gasteiger partial charge is 0.368 e. The molecule has 1 aliphatic carbocycles. The Morgan fingerprint density at radius 2 is 1.85 bits per heavy atom. The summed E-state index contributed by atoms with van der Waals surface area (Å²) in [6.07, 6.45) is 7.76. The third-order valence-electron chi connectivity index (χ3n) is 6.49. The van der Waals surface area contributed by atoms with E-state index in [-0.39, 0.29) is 23.3 Å². The number of hydrogen-bond acceptors (Lipinski definition) is 4. The number of carbonyl (C=O) groups excluding carboxylic acids is 1. The normalized spacial score (nSPS) is 33.2. The summed E-state index contributed by atoms with van der Waals surface area (Å²) in [6.45, 7) is 2.69. The van der Waals surface area contributed by atoms with Crippen molar-refractivity contribution < 1.29 is 4.79 Å². The van der Waals surface area contributed by atoms with Gasteiger partial charge in [0.25, 0.3) is 0 Å². The molecule has 1 saturated heterocycles. The Bertz CT molecular complexity index is 762. The highest BCUT2D eigenvalue weighted by Crippen LogP contribution is 2.46. The second-order valence-electron chi connectivity index (χ2n) is 8.28. The van der Waals surface area contributed by atoms with Gasteiger partial charge in [0.05, 0.1) is 17.8 Å². The van der Waals surface area contributed by atoms with Gasteiger partial charge >= 0.3 is 6.03 Å². The number of nitrogens with zero attached hydrogens (tertiary/aromatic N) is 3. The molecule has 1 unspecified atom stereocenters. The van der Waals surface area contributed by atoms with E-state index in [0.29, 0.717) is 6.54 Å². The van der Waals surface area contributed by atoms with E-state index in [4.69, 9.17) is 0 Å². The first-order valence-electron chi connectivity index (χ1n) is 9.76. The number of carbonyl (C=O) groups is 1. The fourth-order valence-corrected chi connectivity index (χ4v) is 4.71. The maximum Gasteiger partial charge on any atom is 0.322 e. The molecule has 1 aromatic carbocycles. The predicted octanol–water partition coefficient (Wildman–Crippen LogP) is 2.64. The Labute approximate surface area is 161 Å². The number of urea groups is 1. The molecule has 3 aliphatic rings. The van der Waals surface area contributed by atoms with E-state index in [1.165, 1.54) is 5.56 Å². The highest BCUT2D eigenvalue weighted by molar-refractivity contribution is 5.89. The Hall–Kier alpha value is -2.34. The smallest absolute Gasteiger partial charge is 0.322 e. The van der Waals surface area contributed by atoms with Gasteiger partial charge in [-0.15, -0.1) is 0 Å². The molecule has 6 heteroatoms. The van der Waals surface area contributed by atoms with Crippen LogP contribution in [0.4, 0.5) is 4.79 Å². The number of allylic oxidation sites excluding steroid dienone is 1. The third-order valence-corrected chi connectivity index (χ3v) is 6.49. The molecule has 144 valence electrons. The van der Waals surface area contributed by atoms with Crippen LogP contribution >= 0.6 is 0 Å². The lowest BCUT2D eigenvalue weighted by atomic mass is 9.69. The molecule has 2 amide bonds. The Balaban J connectivity index is 1.52. The summed E-state index contributed by atoms with van der Waals surface area (Å²) in [5, 5.41) is 6.48. The summed E-state index contributed by atoms with van der Waals surface area (Å²) < 4.78 is 0. The first kappa shape index (κ1) is 18.0. The Morgan fingerprint density at radius 3 is 2.44 bits per heavy atom. The number of aliphatic imine (C=N–C) groups is 1. The van der Waals surface area contributed by atoms with Crippen molar-refractivity contribution in [3.8, 4) is 0 Å². The summed E-state index contributed by atoms with van der Waals surface area (Å²) >= 11 is 0. The standard InChI is InChI=1S/C21H29N5O/c1-16-22-13-18(14-23-16)26-15-20(24-19(26)27)9-11-21(12-10-20,25(2)3)17-7-5-4-6-8-17/h4-8,13-14,16,22H,9-12,15H2,1-3H3,(H,24,27). The average Bonchev–Trinajstić information content (AvgIpc) is 3.00. The van der Waals surface area contributed by atoms with Gasteiger partial charge in [-0.05, 0) is 52.3 Å². The highest BCUT2D eigenvalue weighted by Gasteiger charge is 2.50. The van der Waals surface area contributed by atoms with E-state index in [2.05, 4.69) is 65.0 Å². The molecule has 6 nitrogen and oxygen atoms in total. The zero-order valence-electron chi connectivity index (χ0n) is 16.4. The monoisotopic (exact) mass is 367 g/mol. The topological polar surface area (TPSA) is 60.0 Å². The SMILES string of the molecule is CC1N=CC(N2CC3(CCC(c4ccccc4)(N(C)C)CC3)NC2=O)=CN1. The van der Waals surface area contributed by atoms with Crippen molar-refractivity contribution in [3.63, 3.8) is 0 Å². The summed E-state index contributed by atoms with van der Waals surface area (Å²) in [5.41, 5.74) is 2.09. The predicted molar refractivity (Wildman–Crippen MR) is 107 cm³/mol. The molecule has 0 bridgehead atoms. The second-order valence-corrected chi connectivity index (χ2v) is 8.28. The van der Waals surface area contributed by atoms with E-state index in [9.17, 15) is 4.79 Å². The first-order chi connectivity index (χ1) is 12.9. The molecular weight excluding hydrogens is 338 g/mol. The van der Waals surface area contributed by atoms with E-state index < -0.39 is 0 Å². The van der Waals surface area contributed by atoms with Crippen molar-refractivity contribution in [1.29, 1.82) is 0 Å². The fourth-order valence-electron chi connectivity index (χ4n) is 4.71. The van der Waals surface area contributed by atoms with Crippen LogP contribution in [-0.4, -0.2) is 54.4 Å². The van der Waals surface area contributed by atoms with Crippen LogP contribution in [0.2, 0.25) is 0 Å². The second kappa shape index (κ2) is 6.68. The highest BCUT2D eigenvalue weighted by atomic mass is 16.2. The van der Waals surface area contributed by atoms with Gasteiger partial charge in [-0.1, -0.05) is 30.3 Å². The van der Waals surface area contributed by atoms with Crippen molar-refractivity contribution >= 4 is 12.2 Å². The molecule has 2 aliphatic heterocycles. The van der Waals surface area contributed by atoms with E-state index in [0.717, 1.165) is 31.4 Å². The van der Waals surface area contributed by atoms with Gasteiger partial charge in [-0.25, -0.2) is 4.79 Å². The minimum Gasteiger partial charge on any atom is -0.368 e. The quantitative estimate of drug-likeness (QED) is 0.863. The average molecular weight is 367 g/mol. The van der Waals surface area contributed by atoms with Crippen LogP contribution in [0, 0.1) is 0 Å². The molecule has 2 heterocycles. The molecular formula is C21H29N5O. The van der Waals surface area contributed by atoms with Crippen LogP contribution in [-0.2, 0) is 5.54 Å².